The number of methoxy groups -OCH3 is 1. The third-order valence-corrected chi connectivity index (χ3v) is 4.86. The average Bonchev–Trinajstić information content (AvgIpc) is 3.38. The monoisotopic (exact) mass is 441 g/mol. The van der Waals surface area contributed by atoms with Crippen LogP contribution < -0.4 is 20.1 Å². The summed E-state index contributed by atoms with van der Waals surface area (Å²) in [5.74, 6) is 0.470. The molecule has 0 radical (unpaired) electrons. The molecule has 0 unspecified atom stereocenters. The Bertz CT molecular complexity index is 1230. The average molecular weight is 441 g/mol. The van der Waals surface area contributed by atoms with Gasteiger partial charge in [-0.1, -0.05) is 18.2 Å². The number of benzene rings is 3. The van der Waals surface area contributed by atoms with Crippen LogP contribution in [0.3, 0.4) is 0 Å². The molecule has 0 aliphatic carbocycles. The zero-order valence-electron chi connectivity index (χ0n) is 18.0. The molecule has 166 valence electrons. The first-order valence-electron chi connectivity index (χ1n) is 10.3. The molecule has 0 fully saturated rings. The zero-order valence-corrected chi connectivity index (χ0v) is 18.0. The van der Waals surface area contributed by atoms with E-state index in [9.17, 15) is 9.59 Å². The summed E-state index contributed by atoms with van der Waals surface area (Å²) >= 11 is 0. The predicted octanol–water partition coefficient (Wildman–Crippen LogP) is 4.76. The molecule has 0 atom stereocenters. The molecule has 0 bridgehead atoms. The fraction of sp³-hybridized carbons (Fsp3) is 0.0769. The van der Waals surface area contributed by atoms with Gasteiger partial charge in [-0.3, -0.25) is 9.59 Å². The number of aromatic nitrogens is 1. The molecule has 1 heterocycles. The van der Waals surface area contributed by atoms with Crippen molar-refractivity contribution in [1.82, 2.24) is 4.57 Å². The van der Waals surface area contributed by atoms with Crippen LogP contribution in [0.5, 0.6) is 11.5 Å². The number of amides is 2. The number of nitrogens with zero attached hydrogens (tertiary/aromatic N) is 1. The van der Waals surface area contributed by atoms with Crippen molar-refractivity contribution in [1.29, 1.82) is 0 Å². The number of para-hydroxylation sites is 2. The van der Waals surface area contributed by atoms with E-state index in [1.165, 1.54) is 0 Å². The Labute approximate surface area is 191 Å². The minimum Gasteiger partial charge on any atom is -0.493 e. The summed E-state index contributed by atoms with van der Waals surface area (Å²) in [5.41, 5.74) is 2.62. The molecule has 7 nitrogen and oxygen atoms in total. The van der Waals surface area contributed by atoms with Crippen LogP contribution >= 0.6 is 0 Å². The molecule has 4 aromatic rings. The lowest BCUT2D eigenvalue weighted by Crippen LogP contribution is -2.20. The van der Waals surface area contributed by atoms with Gasteiger partial charge < -0.3 is 24.7 Å². The Kier molecular flexibility index (Phi) is 6.70. The lowest BCUT2D eigenvalue weighted by molar-refractivity contribution is -0.118. The SMILES string of the molecule is COc1ccccc1OCC(=O)Nc1cccc(NC(=O)c2ccc(-n3cccc3)cc2)c1. The molecule has 7 heteroatoms. The molecule has 0 saturated heterocycles. The minimum atomic E-state index is -0.329. The number of carbonyl (C=O) groups is 2. The molecular formula is C26H23N3O4. The van der Waals surface area contributed by atoms with Gasteiger partial charge in [0.25, 0.3) is 11.8 Å². The van der Waals surface area contributed by atoms with E-state index in [0.717, 1.165) is 5.69 Å². The largest absolute Gasteiger partial charge is 0.493 e. The van der Waals surface area contributed by atoms with Gasteiger partial charge in [0.2, 0.25) is 0 Å². The lowest BCUT2D eigenvalue weighted by atomic mass is 10.2. The van der Waals surface area contributed by atoms with Crippen LogP contribution in [-0.2, 0) is 4.79 Å². The summed E-state index contributed by atoms with van der Waals surface area (Å²) < 4.78 is 12.7. The van der Waals surface area contributed by atoms with Gasteiger partial charge in [0, 0.05) is 35.0 Å². The first-order chi connectivity index (χ1) is 16.1. The molecule has 0 saturated carbocycles. The Hall–Kier alpha value is -4.52. The third kappa shape index (κ3) is 5.59. The normalized spacial score (nSPS) is 10.3. The molecule has 2 amide bonds. The van der Waals surface area contributed by atoms with Crippen LogP contribution in [0.15, 0.2) is 97.3 Å². The Morgan fingerprint density at radius 2 is 1.45 bits per heavy atom. The maximum absolute atomic E-state index is 12.6. The minimum absolute atomic E-state index is 0.176. The van der Waals surface area contributed by atoms with Crippen LogP contribution in [0.25, 0.3) is 5.69 Å². The van der Waals surface area contributed by atoms with Crippen molar-refractivity contribution in [3.63, 3.8) is 0 Å². The van der Waals surface area contributed by atoms with Gasteiger partial charge >= 0.3 is 0 Å². The summed E-state index contributed by atoms with van der Waals surface area (Å²) in [6.45, 7) is -0.176. The number of hydrogen-bond donors (Lipinski definition) is 2. The number of rotatable bonds is 8. The standard InChI is InChI=1S/C26H23N3O4/c1-32-23-9-2-3-10-24(23)33-18-25(30)27-20-7-6-8-21(17-20)28-26(31)19-11-13-22(14-12-19)29-15-4-5-16-29/h2-17H,18H2,1H3,(H,27,30)(H,28,31). The van der Waals surface area contributed by atoms with Gasteiger partial charge in [0.1, 0.15) is 0 Å². The number of anilines is 2. The highest BCUT2D eigenvalue weighted by atomic mass is 16.5. The van der Waals surface area contributed by atoms with Gasteiger partial charge in [-0.15, -0.1) is 0 Å². The van der Waals surface area contributed by atoms with Crippen LogP contribution in [0.1, 0.15) is 10.4 Å². The van der Waals surface area contributed by atoms with Gasteiger partial charge in [-0.25, -0.2) is 0 Å². The van der Waals surface area contributed by atoms with E-state index in [2.05, 4.69) is 10.6 Å². The quantitative estimate of drug-likeness (QED) is 0.413. The van der Waals surface area contributed by atoms with Crippen LogP contribution in [0.4, 0.5) is 11.4 Å². The molecule has 4 rings (SSSR count). The molecular weight excluding hydrogens is 418 g/mol. The van der Waals surface area contributed by atoms with Gasteiger partial charge in [-0.2, -0.15) is 0 Å². The van der Waals surface area contributed by atoms with Crippen molar-refractivity contribution in [2.75, 3.05) is 24.4 Å². The number of ether oxygens (including phenoxy) is 2. The van der Waals surface area contributed by atoms with Crippen LogP contribution in [0.2, 0.25) is 0 Å². The van der Waals surface area contributed by atoms with Crippen molar-refractivity contribution in [2.45, 2.75) is 0 Å². The molecule has 2 N–H and O–H groups in total. The van der Waals surface area contributed by atoms with E-state index in [0.29, 0.717) is 28.4 Å². The highest BCUT2D eigenvalue weighted by Gasteiger charge is 2.10. The summed E-state index contributed by atoms with van der Waals surface area (Å²) in [6.07, 6.45) is 3.88. The van der Waals surface area contributed by atoms with Crippen LogP contribution in [-0.4, -0.2) is 30.1 Å². The molecule has 3 aromatic carbocycles. The summed E-state index contributed by atoms with van der Waals surface area (Å²) in [6, 6.07) is 25.2. The van der Waals surface area contributed by atoms with Gasteiger partial charge in [0.15, 0.2) is 18.1 Å². The first kappa shape index (κ1) is 21.7. The Morgan fingerprint density at radius 3 is 2.15 bits per heavy atom. The molecule has 0 aliphatic heterocycles. The number of nitrogens with one attached hydrogen (secondary N) is 2. The van der Waals surface area contributed by atoms with Crippen molar-refractivity contribution in [3.8, 4) is 17.2 Å². The van der Waals surface area contributed by atoms with E-state index in [1.807, 2.05) is 47.3 Å². The van der Waals surface area contributed by atoms with Crippen molar-refractivity contribution in [2.24, 2.45) is 0 Å². The number of hydrogen-bond acceptors (Lipinski definition) is 4. The summed E-state index contributed by atoms with van der Waals surface area (Å²) in [5, 5.41) is 5.62. The first-order valence-corrected chi connectivity index (χ1v) is 10.3. The van der Waals surface area contributed by atoms with Crippen molar-refractivity contribution in [3.05, 3.63) is 103 Å². The van der Waals surface area contributed by atoms with E-state index >= 15 is 0 Å². The second kappa shape index (κ2) is 10.2. The fourth-order valence-electron chi connectivity index (χ4n) is 3.25. The molecule has 0 spiro atoms. The van der Waals surface area contributed by atoms with E-state index in [4.69, 9.17) is 9.47 Å². The second-order valence-corrected chi connectivity index (χ2v) is 7.16. The topological polar surface area (TPSA) is 81.6 Å². The Balaban J connectivity index is 1.34. The van der Waals surface area contributed by atoms with Crippen molar-refractivity contribution >= 4 is 23.2 Å². The lowest BCUT2D eigenvalue weighted by Gasteiger charge is -2.11. The molecule has 0 aliphatic rings. The maximum atomic E-state index is 12.6. The smallest absolute Gasteiger partial charge is 0.262 e. The Morgan fingerprint density at radius 1 is 0.788 bits per heavy atom. The fourth-order valence-corrected chi connectivity index (χ4v) is 3.25. The van der Waals surface area contributed by atoms with Crippen LogP contribution in [0, 0.1) is 0 Å². The summed E-state index contributed by atoms with van der Waals surface area (Å²) in [4.78, 5) is 24.9. The van der Waals surface area contributed by atoms with E-state index in [1.54, 1.807) is 61.7 Å². The van der Waals surface area contributed by atoms with Crippen molar-refractivity contribution < 1.29 is 19.1 Å². The predicted molar refractivity (Wildman–Crippen MR) is 127 cm³/mol. The van der Waals surface area contributed by atoms with E-state index in [-0.39, 0.29) is 18.4 Å². The maximum Gasteiger partial charge on any atom is 0.262 e. The van der Waals surface area contributed by atoms with Gasteiger partial charge in [-0.05, 0) is 66.7 Å². The highest BCUT2D eigenvalue weighted by Crippen LogP contribution is 2.25. The molecule has 33 heavy (non-hydrogen) atoms. The zero-order chi connectivity index (χ0) is 23.0. The second-order valence-electron chi connectivity index (χ2n) is 7.16. The third-order valence-electron chi connectivity index (χ3n) is 4.86. The van der Waals surface area contributed by atoms with Gasteiger partial charge in [0.05, 0.1) is 7.11 Å². The van der Waals surface area contributed by atoms with E-state index < -0.39 is 0 Å². The highest BCUT2D eigenvalue weighted by molar-refractivity contribution is 6.04. The number of carbonyl (C=O) groups excluding carboxylic acids is 2. The molecule has 1 aromatic heterocycles. The summed E-state index contributed by atoms with van der Waals surface area (Å²) in [7, 11) is 1.54.